The number of hydrogen-bond acceptors (Lipinski definition) is 3. The molecule has 0 heterocycles. The lowest BCUT2D eigenvalue weighted by Crippen LogP contribution is -2.29. The van der Waals surface area contributed by atoms with Crippen molar-refractivity contribution in [2.75, 3.05) is 0 Å². The van der Waals surface area contributed by atoms with Gasteiger partial charge in [0.15, 0.2) is 0 Å². The number of carbonyl (C=O) groups excluding carboxylic acids is 3. The molecule has 0 N–H and O–H groups in total. The Morgan fingerprint density at radius 1 is 0.864 bits per heavy atom. The molecule has 0 bridgehead atoms. The monoisotopic (exact) mass is 294 g/mol. The van der Waals surface area contributed by atoms with Crippen LogP contribution in [-0.2, 0) is 9.59 Å². The molecule has 0 aromatic heterocycles. The van der Waals surface area contributed by atoms with E-state index in [1.165, 1.54) is 0 Å². The molecule has 22 heavy (non-hydrogen) atoms. The number of hydrogen-bond donors (Lipinski definition) is 0. The summed E-state index contributed by atoms with van der Waals surface area (Å²) in [6.45, 7) is 1.95. The zero-order chi connectivity index (χ0) is 15.9. The Bertz CT molecular complexity index is 660. The van der Waals surface area contributed by atoms with E-state index in [1.807, 2.05) is 37.3 Å². The molecule has 1 unspecified atom stereocenters. The Labute approximate surface area is 130 Å². The first-order chi connectivity index (χ1) is 10.6. The van der Waals surface area contributed by atoms with Gasteiger partial charge in [0, 0.05) is 5.56 Å². The van der Waals surface area contributed by atoms with Crippen molar-refractivity contribution < 1.29 is 14.4 Å². The molecule has 0 saturated carbocycles. The van der Waals surface area contributed by atoms with Crippen LogP contribution in [0.3, 0.4) is 0 Å². The van der Waals surface area contributed by atoms with Crippen LogP contribution in [0.25, 0.3) is 0 Å². The highest BCUT2D eigenvalue weighted by Crippen LogP contribution is 2.23. The maximum absolute atomic E-state index is 12.5. The second kappa shape index (κ2) is 7.46. The molecule has 1 atom stereocenters. The van der Waals surface area contributed by atoms with Crippen LogP contribution in [0.1, 0.15) is 41.6 Å². The molecule has 0 spiro atoms. The molecule has 2 aromatic rings. The Morgan fingerprint density at radius 3 is 1.95 bits per heavy atom. The van der Waals surface area contributed by atoms with Crippen molar-refractivity contribution in [3.8, 4) is 0 Å². The molecule has 3 nitrogen and oxygen atoms in total. The van der Waals surface area contributed by atoms with Gasteiger partial charge in [0.25, 0.3) is 5.78 Å². The predicted octanol–water partition coefficient (Wildman–Crippen LogP) is 3.59. The van der Waals surface area contributed by atoms with E-state index in [0.29, 0.717) is 6.42 Å². The molecule has 3 heteroatoms. The van der Waals surface area contributed by atoms with Crippen LogP contribution in [0.15, 0.2) is 60.7 Å². The van der Waals surface area contributed by atoms with Gasteiger partial charge in [-0.25, -0.2) is 0 Å². The minimum Gasteiger partial charge on any atom is -0.290 e. The lowest BCUT2D eigenvalue weighted by molar-refractivity contribution is -0.134. The van der Waals surface area contributed by atoms with E-state index < -0.39 is 23.3 Å². The van der Waals surface area contributed by atoms with E-state index in [-0.39, 0.29) is 5.56 Å². The van der Waals surface area contributed by atoms with Gasteiger partial charge in [0.1, 0.15) is 0 Å². The van der Waals surface area contributed by atoms with E-state index in [0.717, 1.165) is 12.0 Å². The van der Waals surface area contributed by atoms with Crippen molar-refractivity contribution in [2.24, 2.45) is 0 Å². The van der Waals surface area contributed by atoms with Crippen LogP contribution in [-0.4, -0.2) is 17.3 Å². The Kier molecular flexibility index (Phi) is 5.37. The van der Waals surface area contributed by atoms with Crippen LogP contribution in [0.4, 0.5) is 0 Å². The standard InChI is InChI=1S/C19H18O3/c1-2-9-16(14-10-5-3-6-11-14)18(21)19(22)17(20)15-12-7-4-8-13-15/h3-8,10-13,16H,2,9H2,1H3. The van der Waals surface area contributed by atoms with Crippen LogP contribution in [0.5, 0.6) is 0 Å². The predicted molar refractivity (Wildman–Crippen MR) is 84.9 cm³/mol. The average molecular weight is 294 g/mol. The van der Waals surface area contributed by atoms with Crippen molar-refractivity contribution in [1.29, 1.82) is 0 Å². The summed E-state index contributed by atoms with van der Waals surface area (Å²) in [6, 6.07) is 17.3. The molecule has 2 rings (SSSR count). The van der Waals surface area contributed by atoms with Crippen LogP contribution in [0.2, 0.25) is 0 Å². The summed E-state index contributed by atoms with van der Waals surface area (Å²) in [6.07, 6.45) is 1.31. The van der Waals surface area contributed by atoms with Gasteiger partial charge in [-0.15, -0.1) is 0 Å². The van der Waals surface area contributed by atoms with E-state index >= 15 is 0 Å². The van der Waals surface area contributed by atoms with Gasteiger partial charge in [0.2, 0.25) is 11.6 Å². The summed E-state index contributed by atoms with van der Waals surface area (Å²) in [4.78, 5) is 36.9. The highest BCUT2D eigenvalue weighted by molar-refractivity contribution is 6.67. The van der Waals surface area contributed by atoms with E-state index in [2.05, 4.69) is 0 Å². The third kappa shape index (κ3) is 3.55. The maximum Gasteiger partial charge on any atom is 0.269 e. The molecule has 2 aromatic carbocycles. The van der Waals surface area contributed by atoms with Crippen molar-refractivity contribution in [3.05, 3.63) is 71.8 Å². The normalized spacial score (nSPS) is 11.7. The van der Waals surface area contributed by atoms with Crippen molar-refractivity contribution in [2.45, 2.75) is 25.7 Å². The fourth-order valence-electron chi connectivity index (χ4n) is 2.41. The highest BCUT2D eigenvalue weighted by Gasteiger charge is 2.31. The largest absolute Gasteiger partial charge is 0.290 e. The van der Waals surface area contributed by atoms with Crippen LogP contribution >= 0.6 is 0 Å². The molecule has 0 saturated heterocycles. The molecular formula is C19H18O3. The second-order valence-electron chi connectivity index (χ2n) is 5.14. The van der Waals surface area contributed by atoms with Crippen molar-refractivity contribution in [3.63, 3.8) is 0 Å². The first kappa shape index (κ1) is 15.8. The first-order valence-corrected chi connectivity index (χ1v) is 7.38. The number of carbonyl (C=O) groups is 3. The molecule has 0 aliphatic heterocycles. The summed E-state index contributed by atoms with van der Waals surface area (Å²) >= 11 is 0. The van der Waals surface area contributed by atoms with Gasteiger partial charge in [-0.2, -0.15) is 0 Å². The zero-order valence-electron chi connectivity index (χ0n) is 12.5. The van der Waals surface area contributed by atoms with Gasteiger partial charge >= 0.3 is 0 Å². The molecule has 0 fully saturated rings. The minimum absolute atomic E-state index is 0.254. The summed E-state index contributed by atoms with van der Waals surface area (Å²) in [5.74, 6) is -2.84. The van der Waals surface area contributed by atoms with Gasteiger partial charge in [-0.05, 0) is 12.0 Å². The molecule has 0 radical (unpaired) electrons. The Morgan fingerprint density at radius 2 is 1.41 bits per heavy atom. The quantitative estimate of drug-likeness (QED) is 0.445. The number of ketones is 3. The molecule has 112 valence electrons. The lowest BCUT2D eigenvalue weighted by atomic mass is 9.87. The maximum atomic E-state index is 12.5. The zero-order valence-corrected chi connectivity index (χ0v) is 12.5. The fourth-order valence-corrected chi connectivity index (χ4v) is 2.41. The summed E-state index contributed by atoms with van der Waals surface area (Å²) in [5, 5.41) is 0. The van der Waals surface area contributed by atoms with Crippen molar-refractivity contribution >= 4 is 17.3 Å². The van der Waals surface area contributed by atoms with E-state index in [9.17, 15) is 14.4 Å². The van der Waals surface area contributed by atoms with Gasteiger partial charge in [-0.1, -0.05) is 74.0 Å². The van der Waals surface area contributed by atoms with E-state index in [4.69, 9.17) is 0 Å². The molecule has 0 amide bonds. The molecular weight excluding hydrogens is 276 g/mol. The van der Waals surface area contributed by atoms with Crippen LogP contribution in [0, 0.1) is 0 Å². The molecule has 0 aliphatic carbocycles. The number of benzene rings is 2. The first-order valence-electron chi connectivity index (χ1n) is 7.38. The minimum atomic E-state index is -0.937. The third-order valence-electron chi connectivity index (χ3n) is 3.56. The van der Waals surface area contributed by atoms with Crippen molar-refractivity contribution in [1.82, 2.24) is 0 Å². The number of Topliss-reactive ketones (excluding diaryl/α,β-unsaturated/α-hetero) is 3. The summed E-state index contributed by atoms with van der Waals surface area (Å²) in [7, 11) is 0. The topological polar surface area (TPSA) is 51.2 Å². The fraction of sp³-hybridized carbons (Fsp3) is 0.211. The van der Waals surface area contributed by atoms with Gasteiger partial charge in [-0.3, -0.25) is 14.4 Å². The van der Waals surface area contributed by atoms with Gasteiger partial charge in [0.05, 0.1) is 5.92 Å². The summed E-state index contributed by atoms with van der Waals surface area (Å²) < 4.78 is 0. The Balaban J connectivity index is 2.24. The lowest BCUT2D eigenvalue weighted by Gasteiger charge is -2.14. The van der Waals surface area contributed by atoms with Crippen LogP contribution < -0.4 is 0 Å². The second-order valence-corrected chi connectivity index (χ2v) is 5.14. The third-order valence-corrected chi connectivity index (χ3v) is 3.56. The smallest absolute Gasteiger partial charge is 0.269 e. The number of rotatable bonds is 7. The summed E-state index contributed by atoms with van der Waals surface area (Å²) in [5.41, 5.74) is 1.03. The average Bonchev–Trinajstić information content (AvgIpc) is 2.59. The van der Waals surface area contributed by atoms with Gasteiger partial charge < -0.3 is 0 Å². The van der Waals surface area contributed by atoms with E-state index in [1.54, 1.807) is 30.3 Å². The Hall–Kier alpha value is -2.55. The SMILES string of the molecule is CCCC(C(=O)C(=O)C(=O)c1ccccc1)c1ccccc1. The molecule has 0 aliphatic rings. The highest BCUT2D eigenvalue weighted by atomic mass is 16.2.